The summed E-state index contributed by atoms with van der Waals surface area (Å²) in [5.41, 5.74) is 1.40. The molecular weight excluding hydrogens is 500 g/mol. The largest absolute Gasteiger partial charge is 0.431 e. The summed E-state index contributed by atoms with van der Waals surface area (Å²) in [6.07, 6.45) is -0.851. The van der Waals surface area contributed by atoms with Crippen molar-refractivity contribution in [3.05, 3.63) is 59.8 Å². The lowest BCUT2D eigenvalue weighted by Gasteiger charge is -2.33. The van der Waals surface area contributed by atoms with E-state index in [4.69, 9.17) is 14.6 Å². The van der Waals surface area contributed by atoms with Crippen molar-refractivity contribution in [3.63, 3.8) is 0 Å². The molecule has 3 atom stereocenters. The first-order valence-electron chi connectivity index (χ1n) is 11.6. The third-order valence-electron chi connectivity index (χ3n) is 6.29. The minimum absolute atomic E-state index is 0.0406. The molecule has 2 N–H and O–H groups in total. The number of fused-ring (bicyclic) bond motifs is 2. The fraction of sp³-hybridized carbons (Fsp3) is 0.400. The lowest BCUT2D eigenvalue weighted by atomic mass is 9.97. The Balaban J connectivity index is 1.28. The molecule has 9 nitrogen and oxygen atoms in total. The van der Waals surface area contributed by atoms with Crippen LogP contribution in [0.4, 0.5) is 0 Å². The summed E-state index contributed by atoms with van der Waals surface area (Å²) in [5, 5.41) is 6.05. The van der Waals surface area contributed by atoms with Crippen molar-refractivity contribution in [2.75, 3.05) is 13.1 Å². The van der Waals surface area contributed by atoms with E-state index in [1.165, 1.54) is 11.3 Å². The molecule has 1 aromatic heterocycles. The minimum atomic E-state index is -4.17. The maximum absolute atomic E-state index is 12.3. The number of thiazole rings is 1. The van der Waals surface area contributed by atoms with Crippen LogP contribution >= 0.6 is 11.3 Å². The molecule has 5 rings (SSSR count). The van der Waals surface area contributed by atoms with Gasteiger partial charge in [-0.2, -0.15) is 8.42 Å². The zero-order chi connectivity index (χ0) is 25.7. The van der Waals surface area contributed by atoms with E-state index in [9.17, 15) is 13.2 Å². The van der Waals surface area contributed by atoms with Crippen LogP contribution in [0.3, 0.4) is 0 Å². The molecule has 0 spiro atoms. The lowest BCUT2D eigenvalue weighted by Crippen LogP contribution is -2.47. The Morgan fingerprint density at radius 3 is 2.50 bits per heavy atom. The number of hydrogen-bond acceptors (Lipinski definition) is 8. The van der Waals surface area contributed by atoms with Crippen molar-refractivity contribution in [2.45, 2.75) is 39.1 Å². The number of likely N-dealkylation sites (tertiary alicyclic amines) is 1. The van der Waals surface area contributed by atoms with Gasteiger partial charge in [0, 0.05) is 31.5 Å². The number of carbonyl (C=O) groups excluding carboxylic acids is 1. The van der Waals surface area contributed by atoms with E-state index in [0.29, 0.717) is 30.6 Å². The van der Waals surface area contributed by atoms with Crippen LogP contribution in [-0.2, 0) is 26.3 Å². The summed E-state index contributed by atoms with van der Waals surface area (Å²) < 4.78 is 38.7. The maximum Gasteiger partial charge on any atom is 0.301 e. The predicted octanol–water partition coefficient (Wildman–Crippen LogP) is 3.51. The molecule has 0 radical (unpaired) electrons. The monoisotopic (exact) mass is 528 g/mol. The molecule has 2 fully saturated rings. The summed E-state index contributed by atoms with van der Waals surface area (Å²) in [5.74, 6) is 1.99. The Kier molecular flexibility index (Phi) is 6.40. The molecule has 2 aromatic carbocycles. The second kappa shape index (κ2) is 9.26. The van der Waals surface area contributed by atoms with Crippen molar-refractivity contribution in [1.82, 2.24) is 14.2 Å². The van der Waals surface area contributed by atoms with E-state index in [1.54, 1.807) is 0 Å². The molecule has 2 saturated heterocycles. The molecule has 0 saturated carbocycles. The number of para-hydroxylation sites is 1. The van der Waals surface area contributed by atoms with Crippen LogP contribution in [0.2, 0.25) is 0 Å². The minimum Gasteiger partial charge on any atom is -0.431 e. The number of nitrogens with two attached hydrogens (primary N) is 1. The van der Waals surface area contributed by atoms with E-state index in [2.05, 4.69) is 9.88 Å². The highest BCUT2D eigenvalue weighted by atomic mass is 32.2. The van der Waals surface area contributed by atoms with E-state index >= 15 is 0 Å². The third-order valence-corrected chi connectivity index (χ3v) is 8.16. The van der Waals surface area contributed by atoms with E-state index in [0.717, 1.165) is 20.1 Å². The average Bonchev–Trinajstić information content (AvgIpc) is 3.46. The van der Waals surface area contributed by atoms with Gasteiger partial charge in [-0.3, -0.25) is 4.90 Å². The van der Waals surface area contributed by atoms with E-state index < -0.39 is 22.0 Å². The van der Waals surface area contributed by atoms with Crippen molar-refractivity contribution in [2.24, 2.45) is 17.0 Å². The number of nitrogens with zero attached hydrogens (tertiary/aromatic N) is 3. The fourth-order valence-corrected chi connectivity index (χ4v) is 6.68. The van der Waals surface area contributed by atoms with Gasteiger partial charge in [0.25, 0.3) is 5.19 Å². The first-order valence-corrected chi connectivity index (χ1v) is 13.9. The van der Waals surface area contributed by atoms with Gasteiger partial charge in [0.15, 0.2) is 6.23 Å². The van der Waals surface area contributed by atoms with Crippen LogP contribution in [-0.4, -0.2) is 53.5 Å². The van der Waals surface area contributed by atoms with Crippen LogP contribution in [0.1, 0.15) is 26.3 Å². The molecule has 3 unspecified atom stereocenters. The second-order valence-electron chi connectivity index (χ2n) is 10.1. The van der Waals surface area contributed by atoms with Crippen molar-refractivity contribution < 1.29 is 22.7 Å². The van der Waals surface area contributed by atoms with Crippen LogP contribution in [0.5, 0.6) is 10.9 Å². The molecule has 3 heterocycles. The highest BCUT2D eigenvalue weighted by molar-refractivity contribution is 7.87. The molecule has 2 aliphatic rings. The SMILES string of the molecule is CC(C)(C)OC1C2CN(Cc3ccc(Oc4nc5ccccc5s4)cc3)CC2C(=C=O)N1S(N)(=O)=O. The average molecular weight is 529 g/mol. The maximum atomic E-state index is 12.3. The Labute approximate surface area is 214 Å². The second-order valence-corrected chi connectivity index (χ2v) is 12.5. The summed E-state index contributed by atoms with van der Waals surface area (Å²) in [7, 11) is -4.17. The molecule has 3 aromatic rings. The van der Waals surface area contributed by atoms with Gasteiger partial charge in [0.2, 0.25) is 0 Å². The molecule has 0 amide bonds. The first-order chi connectivity index (χ1) is 17.0. The van der Waals surface area contributed by atoms with E-state index in [1.807, 2.05) is 75.2 Å². The molecule has 2 aliphatic heterocycles. The summed E-state index contributed by atoms with van der Waals surface area (Å²) in [4.78, 5) is 18.5. The Morgan fingerprint density at radius 2 is 1.86 bits per heavy atom. The highest BCUT2D eigenvalue weighted by Gasteiger charge is 2.55. The van der Waals surface area contributed by atoms with Gasteiger partial charge >= 0.3 is 10.2 Å². The Morgan fingerprint density at radius 1 is 1.14 bits per heavy atom. The lowest BCUT2D eigenvalue weighted by molar-refractivity contribution is -0.110. The molecule has 0 bridgehead atoms. The molecule has 0 aliphatic carbocycles. The number of ether oxygens (including phenoxy) is 2. The van der Waals surface area contributed by atoms with Gasteiger partial charge in [-0.05, 0) is 50.6 Å². The molecule has 11 heteroatoms. The highest BCUT2D eigenvalue weighted by Crippen LogP contribution is 2.45. The van der Waals surface area contributed by atoms with Crippen molar-refractivity contribution in [3.8, 4) is 10.9 Å². The summed E-state index contributed by atoms with van der Waals surface area (Å²) in [6.45, 7) is 7.24. The van der Waals surface area contributed by atoms with Gasteiger partial charge < -0.3 is 9.47 Å². The number of rotatable bonds is 6. The van der Waals surface area contributed by atoms with Gasteiger partial charge in [-0.1, -0.05) is 35.6 Å². The molecule has 36 heavy (non-hydrogen) atoms. The quantitative estimate of drug-likeness (QED) is 0.487. The topological polar surface area (TPSA) is 115 Å². The molecule has 190 valence electrons. The van der Waals surface area contributed by atoms with Crippen LogP contribution in [0, 0.1) is 11.8 Å². The van der Waals surface area contributed by atoms with Crippen molar-refractivity contribution >= 4 is 37.7 Å². The predicted molar refractivity (Wildman–Crippen MR) is 137 cm³/mol. The Hall–Kier alpha value is -2.79. The number of hydrogen-bond donors (Lipinski definition) is 1. The summed E-state index contributed by atoms with van der Waals surface area (Å²) in [6, 6.07) is 15.7. The van der Waals surface area contributed by atoms with Crippen LogP contribution in [0.15, 0.2) is 54.2 Å². The summed E-state index contributed by atoms with van der Waals surface area (Å²) >= 11 is 1.50. The van der Waals surface area contributed by atoms with Crippen molar-refractivity contribution in [1.29, 1.82) is 0 Å². The standard InChI is InChI=1S/C25H28N4O5S2/c1-25(2,3)34-23-19-14-28(13-18(19)21(15-30)29(23)36(26,31)32)12-16-8-10-17(11-9-16)33-24-27-20-6-4-5-7-22(20)35-24/h4-11,18-19,23H,12-14H2,1-3H3,(H2,26,31,32). The molecular formula is C25H28N4O5S2. The van der Waals surface area contributed by atoms with E-state index in [-0.39, 0.29) is 17.5 Å². The zero-order valence-electron chi connectivity index (χ0n) is 20.2. The van der Waals surface area contributed by atoms with Crippen LogP contribution in [0.25, 0.3) is 10.2 Å². The van der Waals surface area contributed by atoms with Gasteiger partial charge in [-0.25, -0.2) is 19.2 Å². The first kappa shape index (κ1) is 24.9. The Bertz CT molecular complexity index is 1390. The fourth-order valence-electron chi connectivity index (χ4n) is 4.91. The van der Waals surface area contributed by atoms with Gasteiger partial charge in [0.05, 0.1) is 15.8 Å². The number of aromatic nitrogens is 1. The number of benzene rings is 2. The van der Waals surface area contributed by atoms with Crippen LogP contribution < -0.4 is 9.88 Å². The normalized spacial score (nSPS) is 22.7. The van der Waals surface area contributed by atoms with Gasteiger partial charge in [-0.15, -0.1) is 0 Å². The third kappa shape index (κ3) is 5.04. The van der Waals surface area contributed by atoms with Gasteiger partial charge in [0.1, 0.15) is 17.4 Å². The zero-order valence-corrected chi connectivity index (χ0v) is 21.9. The smallest absolute Gasteiger partial charge is 0.301 e.